The van der Waals surface area contributed by atoms with Gasteiger partial charge in [0.25, 0.3) is 0 Å². The first-order valence-corrected chi connectivity index (χ1v) is 15.6. The number of nitrogens with one attached hydrogen (secondary N) is 2. The lowest BCUT2D eigenvalue weighted by molar-refractivity contribution is -0.200. The van der Waals surface area contributed by atoms with Gasteiger partial charge in [0.05, 0.1) is 22.0 Å². The molecule has 37 heavy (non-hydrogen) atoms. The van der Waals surface area contributed by atoms with Crippen LogP contribution in [0.25, 0.3) is 0 Å². The van der Waals surface area contributed by atoms with Gasteiger partial charge in [-0.25, -0.2) is 23.5 Å². The fraction of sp³-hybridized carbons (Fsp3) is 0.520. The van der Waals surface area contributed by atoms with E-state index in [1.165, 1.54) is 16.2 Å². The van der Waals surface area contributed by atoms with Crippen molar-refractivity contribution in [1.29, 1.82) is 0 Å². The highest BCUT2D eigenvalue weighted by atomic mass is 79.9. The highest BCUT2D eigenvalue weighted by molar-refractivity contribution is 9.11. The normalized spacial score (nSPS) is 24.6. The quantitative estimate of drug-likeness (QED) is 0.451. The summed E-state index contributed by atoms with van der Waals surface area (Å²) >= 11 is 4.70. The van der Waals surface area contributed by atoms with Crippen LogP contribution < -0.4 is 10.8 Å². The Morgan fingerprint density at radius 3 is 2.68 bits per heavy atom. The summed E-state index contributed by atoms with van der Waals surface area (Å²) in [7, 11) is -3.83. The van der Waals surface area contributed by atoms with E-state index < -0.39 is 26.8 Å². The minimum absolute atomic E-state index is 0.0397. The Kier molecular flexibility index (Phi) is 9.28. The number of carbonyl (C=O) groups excluding carboxylic acids is 2. The van der Waals surface area contributed by atoms with Crippen molar-refractivity contribution < 1.29 is 27.6 Å². The van der Waals surface area contributed by atoms with Gasteiger partial charge in [-0.3, -0.25) is 4.79 Å². The Labute approximate surface area is 229 Å². The number of sulfone groups is 1. The van der Waals surface area contributed by atoms with Gasteiger partial charge in [0.2, 0.25) is 5.91 Å². The molecule has 12 heteroatoms. The lowest BCUT2D eigenvalue weighted by Crippen LogP contribution is -2.43. The van der Waals surface area contributed by atoms with Crippen molar-refractivity contribution in [2.24, 2.45) is 0 Å². The zero-order valence-electron chi connectivity index (χ0n) is 20.7. The molecule has 4 rings (SSSR count). The van der Waals surface area contributed by atoms with E-state index in [1.54, 1.807) is 12.1 Å². The standard InChI is InChI=1S/C25H32BrN3O6S2/c1-18(19-7-3-2-4-8-19)27-24(31)29-13-12-25(37(32,33)16-14-29,20-10-11-21(26)36-20)17-22(30)28-35-23-9-5-6-15-34-23/h2-4,7-8,10-11,18,23H,5-6,9,12-17H2,1H3,(H,27,31)(H,28,30)/t18-,23?,25?/m1/s1. The maximum absolute atomic E-state index is 13.8. The van der Waals surface area contributed by atoms with E-state index in [2.05, 4.69) is 26.7 Å². The number of hydrogen-bond acceptors (Lipinski definition) is 7. The fourth-order valence-electron chi connectivity index (χ4n) is 4.67. The van der Waals surface area contributed by atoms with Gasteiger partial charge in [-0.05, 0) is 59.8 Å². The van der Waals surface area contributed by atoms with Gasteiger partial charge in [-0.15, -0.1) is 11.3 Å². The molecule has 202 valence electrons. The average molecular weight is 615 g/mol. The van der Waals surface area contributed by atoms with Gasteiger partial charge < -0.3 is 15.0 Å². The molecule has 2 aliphatic rings. The van der Waals surface area contributed by atoms with Crippen molar-refractivity contribution in [2.75, 3.05) is 25.4 Å². The van der Waals surface area contributed by atoms with Crippen LogP contribution in [0.4, 0.5) is 4.79 Å². The minimum atomic E-state index is -3.83. The van der Waals surface area contributed by atoms with Gasteiger partial charge in [0, 0.05) is 31.0 Å². The molecule has 9 nitrogen and oxygen atoms in total. The van der Waals surface area contributed by atoms with E-state index in [-0.39, 0.29) is 43.8 Å². The number of nitrogens with zero attached hydrogens (tertiary/aromatic N) is 1. The molecule has 2 saturated heterocycles. The lowest BCUT2D eigenvalue weighted by Gasteiger charge is -2.31. The summed E-state index contributed by atoms with van der Waals surface area (Å²) in [6, 6.07) is 12.5. The van der Waals surface area contributed by atoms with E-state index in [0.717, 1.165) is 22.2 Å². The number of hydroxylamine groups is 1. The molecular weight excluding hydrogens is 582 g/mol. The molecule has 2 unspecified atom stereocenters. The number of amides is 3. The number of ether oxygens (including phenoxy) is 1. The van der Waals surface area contributed by atoms with Gasteiger partial charge >= 0.3 is 6.03 Å². The third-order valence-corrected chi connectivity index (χ3v) is 11.3. The van der Waals surface area contributed by atoms with Crippen LogP contribution in [0.2, 0.25) is 0 Å². The summed E-state index contributed by atoms with van der Waals surface area (Å²) < 4.78 is 32.3. The van der Waals surface area contributed by atoms with Gasteiger partial charge in [-0.2, -0.15) is 0 Å². The molecule has 1 aromatic carbocycles. The SMILES string of the molecule is C[C@@H](NC(=O)N1CCC(CC(=O)NOC2CCCCO2)(c2ccc(Br)s2)S(=O)(=O)CC1)c1ccccc1. The monoisotopic (exact) mass is 613 g/mol. The Morgan fingerprint density at radius 2 is 2.00 bits per heavy atom. The van der Waals surface area contributed by atoms with E-state index in [0.29, 0.717) is 17.9 Å². The zero-order valence-corrected chi connectivity index (χ0v) is 23.9. The maximum atomic E-state index is 13.8. The second-order valence-corrected chi connectivity index (χ2v) is 14.2. The Bertz CT molecular complexity index is 1190. The van der Waals surface area contributed by atoms with Crippen LogP contribution in [0.15, 0.2) is 46.3 Å². The third kappa shape index (κ3) is 6.72. The summed E-state index contributed by atoms with van der Waals surface area (Å²) in [5, 5.41) is 2.96. The number of carbonyl (C=O) groups is 2. The van der Waals surface area contributed by atoms with Gasteiger partial charge in [0.15, 0.2) is 16.1 Å². The highest BCUT2D eigenvalue weighted by Gasteiger charge is 2.50. The third-order valence-electron chi connectivity index (χ3n) is 6.85. The molecule has 0 saturated carbocycles. The predicted octanol–water partition coefficient (Wildman–Crippen LogP) is 4.26. The summed E-state index contributed by atoms with van der Waals surface area (Å²) in [4.78, 5) is 33.6. The first-order valence-electron chi connectivity index (χ1n) is 12.3. The second kappa shape index (κ2) is 12.2. The summed E-state index contributed by atoms with van der Waals surface area (Å²) in [5.41, 5.74) is 3.36. The smallest absolute Gasteiger partial charge is 0.317 e. The van der Waals surface area contributed by atoms with Crippen molar-refractivity contribution >= 4 is 49.0 Å². The second-order valence-electron chi connectivity index (χ2n) is 9.35. The number of halogens is 1. The Hall–Kier alpha value is -1.99. The van der Waals surface area contributed by atoms with Crippen LogP contribution >= 0.6 is 27.3 Å². The lowest BCUT2D eigenvalue weighted by atomic mass is 9.97. The van der Waals surface area contributed by atoms with Gasteiger partial charge in [-0.1, -0.05) is 30.3 Å². The number of rotatable bonds is 7. The number of thiophene rings is 1. The number of benzene rings is 1. The van der Waals surface area contributed by atoms with Crippen LogP contribution in [-0.2, 0) is 29.0 Å². The highest BCUT2D eigenvalue weighted by Crippen LogP contribution is 2.44. The molecule has 3 amide bonds. The average Bonchev–Trinajstić information content (AvgIpc) is 3.28. The molecule has 0 radical (unpaired) electrons. The molecule has 3 heterocycles. The molecule has 2 aliphatic heterocycles. The van der Waals surface area contributed by atoms with E-state index in [9.17, 15) is 18.0 Å². The first kappa shape index (κ1) is 28.0. The Morgan fingerprint density at radius 1 is 1.22 bits per heavy atom. The van der Waals surface area contributed by atoms with Crippen LogP contribution in [0.5, 0.6) is 0 Å². The van der Waals surface area contributed by atoms with E-state index in [4.69, 9.17) is 9.57 Å². The van der Waals surface area contributed by atoms with E-state index in [1.807, 2.05) is 37.3 Å². The van der Waals surface area contributed by atoms with Gasteiger partial charge in [0.1, 0.15) is 4.75 Å². The number of urea groups is 1. The summed E-state index contributed by atoms with van der Waals surface area (Å²) in [5.74, 6) is -0.798. The molecule has 1 aromatic heterocycles. The molecule has 0 spiro atoms. The molecule has 0 bridgehead atoms. The van der Waals surface area contributed by atoms with Crippen LogP contribution in [0.1, 0.15) is 55.5 Å². The first-order chi connectivity index (χ1) is 17.7. The van der Waals surface area contributed by atoms with Crippen molar-refractivity contribution in [1.82, 2.24) is 15.7 Å². The molecule has 2 fully saturated rings. The molecule has 0 aliphatic carbocycles. The fourth-order valence-corrected chi connectivity index (χ4v) is 8.65. The predicted molar refractivity (Wildman–Crippen MR) is 144 cm³/mol. The summed E-state index contributed by atoms with van der Waals surface area (Å²) in [6.07, 6.45) is 1.77. The van der Waals surface area contributed by atoms with Crippen LogP contribution in [-0.4, -0.2) is 57.0 Å². The zero-order chi connectivity index (χ0) is 26.5. The maximum Gasteiger partial charge on any atom is 0.317 e. The number of hydrogen-bond donors (Lipinski definition) is 2. The van der Waals surface area contributed by atoms with Crippen molar-refractivity contribution in [2.45, 2.75) is 56.1 Å². The van der Waals surface area contributed by atoms with E-state index >= 15 is 0 Å². The molecule has 3 atom stereocenters. The Balaban J connectivity index is 1.50. The van der Waals surface area contributed by atoms with Crippen molar-refractivity contribution in [3.05, 3.63) is 56.7 Å². The molecule has 2 aromatic rings. The van der Waals surface area contributed by atoms with Crippen LogP contribution in [0, 0.1) is 0 Å². The largest absolute Gasteiger partial charge is 0.350 e. The van der Waals surface area contributed by atoms with Crippen LogP contribution in [0.3, 0.4) is 0 Å². The molecular formula is C25H32BrN3O6S2. The topological polar surface area (TPSA) is 114 Å². The van der Waals surface area contributed by atoms with Crippen molar-refractivity contribution in [3.8, 4) is 0 Å². The molecule has 2 N–H and O–H groups in total. The minimum Gasteiger partial charge on any atom is -0.350 e. The summed E-state index contributed by atoms with van der Waals surface area (Å²) in [6.45, 7) is 2.67. The van der Waals surface area contributed by atoms with Crippen molar-refractivity contribution in [3.63, 3.8) is 0 Å².